The van der Waals surface area contributed by atoms with Crippen LogP contribution >= 0.6 is 0 Å². The minimum absolute atomic E-state index is 0.0512. The Morgan fingerprint density at radius 3 is 1.08 bits per heavy atom. The molecule has 0 radical (unpaired) electrons. The number of hydrogen-bond acceptors (Lipinski definition) is 2. The van der Waals surface area contributed by atoms with E-state index in [1.807, 2.05) is 12.1 Å². The van der Waals surface area contributed by atoms with Gasteiger partial charge in [0.25, 0.3) is 0 Å². The zero-order valence-electron chi connectivity index (χ0n) is 55.9. The maximum atomic E-state index is 10.4. The van der Waals surface area contributed by atoms with Crippen molar-refractivity contribution in [3.8, 4) is 74.0 Å². The average Bonchev–Trinajstić information content (AvgIpc) is 1.55. The van der Waals surface area contributed by atoms with Crippen LogP contribution in [0.4, 0.5) is 0 Å². The highest BCUT2D eigenvalue weighted by Crippen LogP contribution is 2.54. The molecule has 0 aliphatic heterocycles. The SMILES string of the molecule is CC1(C)c2ccccc2-c2c1ccc1c2c2ccccc2n1-c1ccc(-c2ccc(-n3c4ccccc4c4ccccc43)c(C#N)c2)cc1.N#Cc1cc(-c2ccc(-n3c4ccccc4c4c3ccc3c5ccccc5n(-c5ccccc5)c34)cc2)ccc1-n1c2ccccc2c2ccccc21. The largest absolute Gasteiger partial charge is 0.309 e. The fourth-order valence-electron chi connectivity index (χ4n) is 17.1. The van der Waals surface area contributed by atoms with E-state index in [9.17, 15) is 10.5 Å². The minimum atomic E-state index is -0.0512. The normalized spacial score (nSPS) is 12.5. The lowest BCUT2D eigenvalue weighted by molar-refractivity contribution is 0.661. The van der Waals surface area contributed by atoms with E-state index in [0.29, 0.717) is 11.1 Å². The van der Waals surface area contributed by atoms with E-state index in [0.717, 1.165) is 83.8 Å². The van der Waals surface area contributed by atoms with E-state index < -0.39 is 0 Å². The van der Waals surface area contributed by atoms with Crippen LogP contribution in [0.2, 0.25) is 0 Å². The Hall–Kier alpha value is -13.7. The Labute approximate surface area is 587 Å². The highest BCUT2D eigenvalue weighted by atomic mass is 15.0. The molecule has 476 valence electrons. The van der Waals surface area contributed by atoms with Gasteiger partial charge < -0.3 is 22.8 Å². The number of nitriles is 2. The van der Waals surface area contributed by atoms with E-state index in [1.165, 1.54) is 98.2 Å². The predicted octanol–water partition coefficient (Wildman–Crippen LogP) is 24.2. The number of hydrogen-bond donors (Lipinski definition) is 0. The lowest BCUT2D eigenvalue weighted by Crippen LogP contribution is -2.14. The van der Waals surface area contributed by atoms with E-state index in [1.54, 1.807) is 0 Å². The Bertz CT molecular complexity index is 6870. The third-order valence-corrected chi connectivity index (χ3v) is 21.7. The van der Waals surface area contributed by atoms with Crippen LogP contribution in [0.1, 0.15) is 36.1 Å². The first-order valence-corrected chi connectivity index (χ1v) is 34.8. The zero-order chi connectivity index (χ0) is 67.9. The number of fused-ring (bicyclic) bond motifs is 20. The van der Waals surface area contributed by atoms with Crippen molar-refractivity contribution in [3.63, 3.8) is 0 Å². The predicted molar refractivity (Wildman–Crippen MR) is 422 cm³/mol. The van der Waals surface area contributed by atoms with Crippen molar-refractivity contribution in [2.45, 2.75) is 19.3 Å². The monoisotopic (exact) mass is 1300 g/mol. The molecule has 5 heterocycles. The molecule has 7 heteroatoms. The summed E-state index contributed by atoms with van der Waals surface area (Å²) in [6.07, 6.45) is 0. The van der Waals surface area contributed by atoms with Crippen LogP contribution in [0.25, 0.3) is 171 Å². The molecular formula is C95H61N7. The lowest BCUT2D eigenvalue weighted by Gasteiger charge is -2.21. The van der Waals surface area contributed by atoms with Crippen molar-refractivity contribution >= 4 is 109 Å². The minimum Gasteiger partial charge on any atom is -0.309 e. The number of benzene rings is 15. The lowest BCUT2D eigenvalue weighted by atomic mass is 9.82. The molecule has 5 aromatic heterocycles. The fourth-order valence-corrected chi connectivity index (χ4v) is 17.1. The maximum absolute atomic E-state index is 10.4. The van der Waals surface area contributed by atoms with Gasteiger partial charge in [-0.2, -0.15) is 10.5 Å². The topological polar surface area (TPSA) is 72.2 Å². The van der Waals surface area contributed by atoms with Crippen LogP contribution in [0.5, 0.6) is 0 Å². The molecule has 0 fully saturated rings. The van der Waals surface area contributed by atoms with Crippen LogP contribution in [0, 0.1) is 22.7 Å². The average molecular weight is 1300 g/mol. The van der Waals surface area contributed by atoms with Gasteiger partial charge in [-0.1, -0.05) is 232 Å². The summed E-state index contributed by atoms with van der Waals surface area (Å²) in [5, 5.41) is 33.1. The third kappa shape index (κ3) is 8.59. The molecule has 0 bridgehead atoms. The first kappa shape index (κ1) is 58.4. The number of rotatable bonds is 7. The summed E-state index contributed by atoms with van der Waals surface area (Å²) in [5.41, 5.74) is 27.5. The maximum Gasteiger partial charge on any atom is 0.101 e. The molecular weight excluding hydrogens is 1240 g/mol. The molecule has 21 rings (SSSR count). The van der Waals surface area contributed by atoms with E-state index in [4.69, 9.17) is 0 Å². The van der Waals surface area contributed by atoms with Gasteiger partial charge in [0.15, 0.2) is 0 Å². The summed E-state index contributed by atoms with van der Waals surface area (Å²) >= 11 is 0. The molecule has 1 aliphatic carbocycles. The van der Waals surface area contributed by atoms with Crippen LogP contribution in [-0.4, -0.2) is 22.8 Å². The van der Waals surface area contributed by atoms with Gasteiger partial charge in [-0.05, 0) is 160 Å². The second-order valence-corrected chi connectivity index (χ2v) is 27.3. The Kier molecular flexibility index (Phi) is 13.0. The third-order valence-electron chi connectivity index (χ3n) is 21.7. The number of nitrogens with zero attached hydrogens (tertiary/aromatic N) is 7. The van der Waals surface area contributed by atoms with Gasteiger partial charge in [0.05, 0.1) is 77.7 Å². The van der Waals surface area contributed by atoms with Gasteiger partial charge in [-0.3, -0.25) is 0 Å². The molecule has 0 saturated carbocycles. The van der Waals surface area contributed by atoms with Crippen LogP contribution in [-0.2, 0) is 5.41 Å². The molecule has 0 unspecified atom stereocenters. The van der Waals surface area contributed by atoms with Crippen molar-refractivity contribution in [2.75, 3.05) is 0 Å². The Morgan fingerprint density at radius 2 is 0.608 bits per heavy atom. The van der Waals surface area contributed by atoms with Gasteiger partial charge in [-0.15, -0.1) is 0 Å². The molecule has 7 nitrogen and oxygen atoms in total. The molecule has 0 amide bonds. The van der Waals surface area contributed by atoms with Crippen molar-refractivity contribution in [3.05, 3.63) is 356 Å². The quantitative estimate of drug-likeness (QED) is 0.159. The van der Waals surface area contributed by atoms with Gasteiger partial charge in [-0.25, -0.2) is 0 Å². The molecule has 0 saturated heterocycles. The number of aromatic nitrogens is 5. The summed E-state index contributed by atoms with van der Waals surface area (Å²) < 4.78 is 11.6. The summed E-state index contributed by atoms with van der Waals surface area (Å²) in [5.74, 6) is 0. The smallest absolute Gasteiger partial charge is 0.101 e. The fraction of sp³-hybridized carbons (Fsp3) is 0.0316. The van der Waals surface area contributed by atoms with Crippen LogP contribution in [0.15, 0.2) is 334 Å². The van der Waals surface area contributed by atoms with Crippen molar-refractivity contribution in [2.24, 2.45) is 0 Å². The van der Waals surface area contributed by atoms with E-state index >= 15 is 0 Å². The van der Waals surface area contributed by atoms with Gasteiger partial charge in [0, 0.05) is 76.3 Å². The summed E-state index contributed by atoms with van der Waals surface area (Å²) in [4.78, 5) is 0. The number of para-hydroxylation sites is 8. The second-order valence-electron chi connectivity index (χ2n) is 27.3. The second kappa shape index (κ2) is 22.7. The summed E-state index contributed by atoms with van der Waals surface area (Å²) in [6.45, 7) is 4.68. The van der Waals surface area contributed by atoms with Crippen molar-refractivity contribution in [1.29, 1.82) is 10.5 Å². The van der Waals surface area contributed by atoms with E-state index in [2.05, 4.69) is 370 Å². The molecule has 0 spiro atoms. The standard InChI is InChI=1S/C49H30N4.C46H31N3/c50-31-34-30-33(24-28-42(34)53-44-19-9-4-14-37(44)38-15-5-10-20-45(38)53)32-22-25-36(26-23-32)51-46-21-11-7-17-41(46)48-47(51)29-27-40-39-16-6-8-18-43(39)52(49(40)48)35-12-2-1-3-13-35;1-46(2)37-15-7-3-13-35(37)44-38(46)24-26-43-45(44)36-14-6-10-18-42(36)48(43)32-22-19-29(20-23-32)30-21-25-39(31(27-30)28-47)49-40-16-8-4-11-33(40)34-12-5-9-17-41(34)49/h1-30H;3-27H,1-2H3. The van der Waals surface area contributed by atoms with E-state index in [-0.39, 0.29) is 5.41 Å². The highest BCUT2D eigenvalue weighted by molar-refractivity contribution is 6.26. The van der Waals surface area contributed by atoms with Gasteiger partial charge in [0.2, 0.25) is 0 Å². The van der Waals surface area contributed by atoms with Crippen molar-refractivity contribution < 1.29 is 0 Å². The van der Waals surface area contributed by atoms with Gasteiger partial charge >= 0.3 is 0 Å². The molecule has 15 aromatic carbocycles. The Balaban J connectivity index is 0.000000137. The van der Waals surface area contributed by atoms with Crippen LogP contribution < -0.4 is 0 Å². The van der Waals surface area contributed by atoms with Crippen molar-refractivity contribution in [1.82, 2.24) is 22.8 Å². The zero-order valence-corrected chi connectivity index (χ0v) is 55.9. The molecule has 0 N–H and O–H groups in total. The summed E-state index contributed by atoms with van der Waals surface area (Å²) in [7, 11) is 0. The highest BCUT2D eigenvalue weighted by Gasteiger charge is 2.37. The molecule has 0 atom stereocenters. The van der Waals surface area contributed by atoms with Gasteiger partial charge in [0.1, 0.15) is 12.1 Å². The summed E-state index contributed by atoms with van der Waals surface area (Å²) in [6, 6.07) is 124. The first-order chi connectivity index (χ1) is 50.3. The molecule has 1 aliphatic rings. The Morgan fingerprint density at radius 1 is 0.255 bits per heavy atom. The van der Waals surface area contributed by atoms with Crippen LogP contribution in [0.3, 0.4) is 0 Å². The molecule has 20 aromatic rings. The first-order valence-electron chi connectivity index (χ1n) is 34.8. The molecule has 102 heavy (non-hydrogen) atoms.